The van der Waals surface area contributed by atoms with E-state index in [1.54, 1.807) is 0 Å². The third kappa shape index (κ3) is 3.06. The van der Waals surface area contributed by atoms with Gasteiger partial charge in [0.05, 0.1) is 0 Å². The summed E-state index contributed by atoms with van der Waals surface area (Å²) in [5.74, 6) is -0.0762. The maximum atomic E-state index is 6.03. The van der Waals surface area contributed by atoms with Crippen molar-refractivity contribution in [3.05, 3.63) is 35.9 Å². The van der Waals surface area contributed by atoms with Gasteiger partial charge in [-0.1, -0.05) is 30.3 Å². The van der Waals surface area contributed by atoms with Crippen molar-refractivity contribution in [1.82, 2.24) is 0 Å². The van der Waals surface area contributed by atoms with Gasteiger partial charge in [-0.25, -0.2) is 0 Å². The number of benzene rings is 1. The summed E-state index contributed by atoms with van der Waals surface area (Å²) in [6, 6.07) is 10.2. The van der Waals surface area contributed by atoms with Gasteiger partial charge in [0.15, 0.2) is 0 Å². The summed E-state index contributed by atoms with van der Waals surface area (Å²) < 4.78 is 10.9. The number of nitrogens with two attached hydrogens (primary N) is 1. The molecule has 4 heteroatoms. The monoisotopic (exact) mass is 205 g/mol. The smallest absolute Gasteiger partial charge is 0.410 e. The van der Waals surface area contributed by atoms with E-state index in [4.69, 9.17) is 15.0 Å². The molecule has 2 N–H and O–H groups in total. The van der Waals surface area contributed by atoms with E-state index < -0.39 is 0 Å². The zero-order valence-electron chi connectivity index (χ0n) is 8.76. The first-order valence-corrected chi connectivity index (χ1v) is 5.39. The van der Waals surface area contributed by atoms with E-state index in [9.17, 15) is 0 Å². The Kier molecular flexibility index (Phi) is 3.77. The lowest BCUT2D eigenvalue weighted by molar-refractivity contribution is 0.127. The summed E-state index contributed by atoms with van der Waals surface area (Å²) in [6.07, 6.45) is 1.76. The molecule has 3 nitrogen and oxygen atoms in total. The highest BCUT2D eigenvalue weighted by Crippen LogP contribution is 2.08. The molecular formula is C11H16BNO2. The minimum atomic E-state index is -0.237. The van der Waals surface area contributed by atoms with Crippen LogP contribution in [0.4, 0.5) is 0 Å². The number of hydrogen-bond acceptors (Lipinski definition) is 3. The second-order valence-electron chi connectivity index (χ2n) is 3.82. The minimum absolute atomic E-state index is 0.0762. The molecule has 1 saturated heterocycles. The van der Waals surface area contributed by atoms with Crippen molar-refractivity contribution < 1.29 is 9.31 Å². The van der Waals surface area contributed by atoms with Gasteiger partial charge in [-0.3, -0.25) is 0 Å². The van der Waals surface area contributed by atoms with Crippen LogP contribution in [0.25, 0.3) is 0 Å². The fraction of sp³-hybridized carbons (Fsp3) is 0.455. The van der Waals surface area contributed by atoms with E-state index in [1.165, 1.54) is 5.56 Å². The van der Waals surface area contributed by atoms with Crippen LogP contribution in [0, 0.1) is 0 Å². The molecule has 15 heavy (non-hydrogen) atoms. The SMILES string of the molecule is N[C@H](Cc1ccccc1)B1OCCCO1. The summed E-state index contributed by atoms with van der Waals surface area (Å²) in [6.45, 7) is 1.51. The third-order valence-electron chi connectivity index (χ3n) is 2.52. The lowest BCUT2D eigenvalue weighted by atomic mass is 9.75. The van der Waals surface area contributed by atoms with Gasteiger partial charge in [0, 0.05) is 19.2 Å². The quantitative estimate of drug-likeness (QED) is 0.749. The predicted octanol–water partition coefficient (Wildman–Crippen LogP) is 1.02. The lowest BCUT2D eigenvalue weighted by Gasteiger charge is -2.24. The van der Waals surface area contributed by atoms with Crippen molar-refractivity contribution >= 4 is 7.12 Å². The molecule has 0 amide bonds. The molecule has 1 atom stereocenters. The second-order valence-corrected chi connectivity index (χ2v) is 3.82. The summed E-state index contributed by atoms with van der Waals surface area (Å²) in [4.78, 5) is 0. The molecule has 0 aromatic heterocycles. The molecule has 0 aliphatic carbocycles. The largest absolute Gasteiger partial charge is 0.475 e. The van der Waals surface area contributed by atoms with Crippen LogP contribution < -0.4 is 5.73 Å². The maximum Gasteiger partial charge on any atom is 0.475 e. The van der Waals surface area contributed by atoms with E-state index in [1.807, 2.05) is 18.2 Å². The second kappa shape index (κ2) is 5.30. The molecule has 1 aliphatic rings. The summed E-state index contributed by atoms with van der Waals surface area (Å²) in [5.41, 5.74) is 7.26. The van der Waals surface area contributed by atoms with E-state index in [0.717, 1.165) is 26.1 Å². The molecule has 1 heterocycles. The first-order valence-electron chi connectivity index (χ1n) is 5.39. The Morgan fingerprint density at radius 1 is 1.20 bits per heavy atom. The van der Waals surface area contributed by atoms with E-state index >= 15 is 0 Å². The first-order chi connectivity index (χ1) is 7.36. The molecule has 0 bridgehead atoms. The zero-order valence-corrected chi connectivity index (χ0v) is 8.76. The molecule has 1 aromatic rings. The number of hydrogen-bond donors (Lipinski definition) is 1. The summed E-state index contributed by atoms with van der Waals surface area (Å²) in [5, 5.41) is 0. The van der Waals surface area contributed by atoms with Crippen molar-refractivity contribution in [1.29, 1.82) is 0 Å². The molecule has 2 rings (SSSR count). The Balaban J connectivity index is 1.88. The Labute approximate surface area is 90.7 Å². The van der Waals surface area contributed by atoms with Crippen LogP contribution in [0.1, 0.15) is 12.0 Å². The van der Waals surface area contributed by atoms with Crippen molar-refractivity contribution in [2.45, 2.75) is 18.8 Å². The topological polar surface area (TPSA) is 44.5 Å². The van der Waals surface area contributed by atoms with Crippen LogP contribution in [-0.2, 0) is 15.7 Å². The van der Waals surface area contributed by atoms with Crippen molar-refractivity contribution in [3.8, 4) is 0 Å². The van der Waals surface area contributed by atoms with Gasteiger partial charge in [-0.2, -0.15) is 0 Å². The fourth-order valence-corrected chi connectivity index (χ4v) is 1.74. The van der Waals surface area contributed by atoms with Crippen LogP contribution >= 0.6 is 0 Å². The third-order valence-corrected chi connectivity index (χ3v) is 2.52. The number of rotatable bonds is 3. The van der Waals surface area contributed by atoms with Crippen molar-refractivity contribution in [2.24, 2.45) is 5.73 Å². The molecule has 0 unspecified atom stereocenters. The van der Waals surface area contributed by atoms with Crippen LogP contribution in [0.3, 0.4) is 0 Å². The van der Waals surface area contributed by atoms with Gasteiger partial charge in [-0.15, -0.1) is 0 Å². The van der Waals surface area contributed by atoms with Gasteiger partial charge >= 0.3 is 7.12 Å². The summed E-state index contributed by atoms with van der Waals surface area (Å²) in [7, 11) is -0.237. The predicted molar refractivity (Wildman–Crippen MR) is 60.4 cm³/mol. The Hall–Kier alpha value is -0.835. The molecule has 0 radical (unpaired) electrons. The molecule has 1 fully saturated rings. The Bertz CT molecular complexity index is 288. The normalized spacial score (nSPS) is 18.9. The van der Waals surface area contributed by atoms with Crippen LogP contribution in [0.15, 0.2) is 30.3 Å². The average molecular weight is 205 g/mol. The molecule has 1 aromatic carbocycles. The van der Waals surface area contributed by atoms with Gasteiger partial charge in [0.2, 0.25) is 0 Å². The zero-order chi connectivity index (χ0) is 10.5. The molecule has 0 spiro atoms. The van der Waals surface area contributed by atoms with E-state index in [-0.39, 0.29) is 13.1 Å². The van der Waals surface area contributed by atoms with Crippen LogP contribution in [0.2, 0.25) is 0 Å². The van der Waals surface area contributed by atoms with E-state index in [0.29, 0.717) is 0 Å². The van der Waals surface area contributed by atoms with Crippen LogP contribution in [-0.4, -0.2) is 26.3 Å². The Morgan fingerprint density at radius 2 is 1.87 bits per heavy atom. The standard InChI is InChI=1S/C11H16BNO2/c13-11(12-14-7-4-8-15-12)9-10-5-2-1-3-6-10/h1-3,5-6,11H,4,7-9,13H2/t11-/m1/s1. The van der Waals surface area contributed by atoms with Crippen molar-refractivity contribution in [3.63, 3.8) is 0 Å². The maximum absolute atomic E-state index is 6.03. The average Bonchev–Trinajstić information content (AvgIpc) is 2.31. The molecular weight excluding hydrogens is 189 g/mol. The van der Waals surface area contributed by atoms with Gasteiger partial charge in [0.1, 0.15) is 0 Å². The molecule has 1 aliphatic heterocycles. The Morgan fingerprint density at radius 3 is 2.53 bits per heavy atom. The highest BCUT2D eigenvalue weighted by atomic mass is 16.6. The van der Waals surface area contributed by atoms with Gasteiger partial charge in [0.25, 0.3) is 0 Å². The highest BCUT2D eigenvalue weighted by Gasteiger charge is 2.29. The highest BCUT2D eigenvalue weighted by molar-refractivity contribution is 6.46. The first kappa shape index (κ1) is 10.7. The fourth-order valence-electron chi connectivity index (χ4n) is 1.74. The molecule has 80 valence electrons. The summed E-state index contributed by atoms with van der Waals surface area (Å²) >= 11 is 0. The lowest BCUT2D eigenvalue weighted by Crippen LogP contribution is -2.47. The van der Waals surface area contributed by atoms with Crippen LogP contribution in [0.5, 0.6) is 0 Å². The van der Waals surface area contributed by atoms with Crippen molar-refractivity contribution in [2.75, 3.05) is 13.2 Å². The van der Waals surface area contributed by atoms with Gasteiger partial charge < -0.3 is 15.0 Å². The van der Waals surface area contributed by atoms with Gasteiger partial charge in [-0.05, 0) is 18.4 Å². The molecule has 0 saturated carbocycles. The van der Waals surface area contributed by atoms with E-state index in [2.05, 4.69) is 12.1 Å². The minimum Gasteiger partial charge on any atom is -0.410 e.